The van der Waals surface area contributed by atoms with E-state index in [1.807, 2.05) is 6.92 Å². The molecule has 0 aliphatic carbocycles. The van der Waals surface area contributed by atoms with Crippen molar-refractivity contribution in [2.45, 2.75) is 66.3 Å². The number of carbonyl (C=O) groups is 1. The molecule has 0 saturated heterocycles. The Morgan fingerprint density at radius 1 is 0.963 bits per heavy atom. The zero-order valence-electron chi connectivity index (χ0n) is 17.8. The predicted octanol–water partition coefficient (Wildman–Crippen LogP) is 5.55. The van der Waals surface area contributed by atoms with E-state index in [2.05, 4.69) is 70.3 Å². The Hall–Kier alpha value is -2.29. The van der Waals surface area contributed by atoms with Gasteiger partial charge in [0.15, 0.2) is 0 Å². The summed E-state index contributed by atoms with van der Waals surface area (Å²) in [6, 6.07) is 10.6. The van der Waals surface area contributed by atoms with E-state index < -0.39 is 0 Å². The summed E-state index contributed by atoms with van der Waals surface area (Å²) in [6.07, 6.45) is 1.26. The molecule has 2 rings (SSSR count). The molecule has 146 valence electrons. The molecule has 0 spiro atoms. The van der Waals surface area contributed by atoms with E-state index in [1.165, 1.54) is 22.3 Å². The number of nitrogens with one attached hydrogen (secondary N) is 1. The zero-order valence-corrected chi connectivity index (χ0v) is 17.8. The van der Waals surface area contributed by atoms with Gasteiger partial charge in [-0.15, -0.1) is 0 Å². The van der Waals surface area contributed by atoms with Gasteiger partial charge in [-0.25, -0.2) is 0 Å². The van der Waals surface area contributed by atoms with Crippen molar-refractivity contribution in [2.75, 3.05) is 7.11 Å². The van der Waals surface area contributed by atoms with E-state index in [0.717, 1.165) is 23.3 Å². The molecule has 1 amide bonds. The first-order chi connectivity index (χ1) is 12.7. The summed E-state index contributed by atoms with van der Waals surface area (Å²) in [5.74, 6) is 1.37. The number of rotatable bonds is 7. The van der Waals surface area contributed by atoms with Crippen LogP contribution in [0.2, 0.25) is 0 Å². The van der Waals surface area contributed by atoms with Crippen molar-refractivity contribution >= 4 is 5.91 Å². The molecular weight excluding hydrogens is 334 g/mol. The van der Waals surface area contributed by atoms with Crippen LogP contribution < -0.4 is 10.1 Å². The van der Waals surface area contributed by atoms with E-state index in [9.17, 15) is 4.79 Å². The minimum atomic E-state index is -0.0272. The van der Waals surface area contributed by atoms with Crippen LogP contribution in [-0.4, -0.2) is 13.0 Å². The van der Waals surface area contributed by atoms with E-state index in [0.29, 0.717) is 12.3 Å². The number of ether oxygens (including phenoxy) is 1. The molecule has 0 bridgehead atoms. The van der Waals surface area contributed by atoms with Crippen LogP contribution in [0, 0.1) is 20.8 Å². The smallest absolute Gasteiger partial charge is 0.220 e. The standard InChI is InChI=1S/C24H33NO2/c1-15(2)21-14-22(18(5)13-23(21)27-7)19(6)25-24(26)11-10-20-9-8-16(3)17(4)12-20/h8-9,12-15,19H,10-11H2,1-7H3,(H,25,26). The Morgan fingerprint density at radius 2 is 1.67 bits per heavy atom. The second-order valence-corrected chi connectivity index (χ2v) is 7.81. The fourth-order valence-corrected chi connectivity index (χ4v) is 3.42. The van der Waals surface area contributed by atoms with E-state index in [1.54, 1.807) is 7.11 Å². The van der Waals surface area contributed by atoms with Gasteiger partial charge in [0, 0.05) is 6.42 Å². The zero-order chi connectivity index (χ0) is 20.1. The van der Waals surface area contributed by atoms with Crippen LogP contribution in [0.3, 0.4) is 0 Å². The minimum absolute atomic E-state index is 0.0272. The molecule has 1 unspecified atom stereocenters. The molecule has 2 aromatic carbocycles. The molecule has 0 aliphatic heterocycles. The molecule has 0 saturated carbocycles. The molecule has 2 aromatic rings. The topological polar surface area (TPSA) is 38.3 Å². The van der Waals surface area contributed by atoms with Gasteiger partial charge in [0.05, 0.1) is 13.2 Å². The first-order valence-corrected chi connectivity index (χ1v) is 9.76. The van der Waals surface area contributed by atoms with Gasteiger partial charge in [-0.2, -0.15) is 0 Å². The van der Waals surface area contributed by atoms with E-state index in [-0.39, 0.29) is 11.9 Å². The van der Waals surface area contributed by atoms with Gasteiger partial charge in [-0.1, -0.05) is 32.0 Å². The third-order valence-corrected chi connectivity index (χ3v) is 5.30. The largest absolute Gasteiger partial charge is 0.496 e. The summed E-state index contributed by atoms with van der Waals surface area (Å²) >= 11 is 0. The van der Waals surface area contributed by atoms with Gasteiger partial charge in [-0.3, -0.25) is 4.79 Å². The lowest BCUT2D eigenvalue weighted by Gasteiger charge is -2.21. The van der Waals surface area contributed by atoms with E-state index >= 15 is 0 Å². The van der Waals surface area contributed by atoms with Gasteiger partial charge in [0.1, 0.15) is 5.75 Å². The Balaban J connectivity index is 2.05. The van der Waals surface area contributed by atoms with Crippen molar-refractivity contribution in [3.8, 4) is 5.75 Å². The summed E-state index contributed by atoms with van der Waals surface area (Å²) in [6.45, 7) is 12.6. The normalized spacial score (nSPS) is 12.1. The van der Waals surface area contributed by atoms with Crippen molar-refractivity contribution in [3.63, 3.8) is 0 Å². The average Bonchev–Trinajstić information content (AvgIpc) is 2.61. The van der Waals surface area contributed by atoms with Crippen LogP contribution in [-0.2, 0) is 11.2 Å². The summed E-state index contributed by atoms with van der Waals surface area (Å²) < 4.78 is 5.52. The molecule has 0 radical (unpaired) electrons. The highest BCUT2D eigenvalue weighted by atomic mass is 16.5. The van der Waals surface area contributed by atoms with Gasteiger partial charge in [0.25, 0.3) is 0 Å². The van der Waals surface area contributed by atoms with Crippen molar-refractivity contribution in [1.29, 1.82) is 0 Å². The fraction of sp³-hybridized carbons (Fsp3) is 0.458. The fourth-order valence-electron chi connectivity index (χ4n) is 3.42. The van der Waals surface area contributed by atoms with E-state index in [4.69, 9.17) is 4.74 Å². The molecule has 1 atom stereocenters. The number of hydrogen-bond acceptors (Lipinski definition) is 2. The van der Waals surface area contributed by atoms with Crippen LogP contribution >= 0.6 is 0 Å². The molecular formula is C24H33NO2. The quantitative estimate of drug-likeness (QED) is 0.696. The highest BCUT2D eigenvalue weighted by Gasteiger charge is 2.16. The third-order valence-electron chi connectivity index (χ3n) is 5.30. The van der Waals surface area contributed by atoms with Crippen molar-refractivity contribution in [3.05, 3.63) is 63.7 Å². The number of carbonyl (C=O) groups excluding carboxylic acids is 1. The molecule has 0 fully saturated rings. The lowest BCUT2D eigenvalue weighted by molar-refractivity contribution is -0.121. The third kappa shape index (κ3) is 5.35. The Morgan fingerprint density at radius 3 is 2.26 bits per heavy atom. The summed E-state index contributed by atoms with van der Waals surface area (Å²) in [5, 5.41) is 3.16. The monoisotopic (exact) mass is 367 g/mol. The number of methoxy groups -OCH3 is 1. The Bertz CT molecular complexity index is 808. The van der Waals surface area contributed by atoms with Crippen LogP contribution in [0.1, 0.15) is 72.5 Å². The molecule has 27 heavy (non-hydrogen) atoms. The number of amides is 1. The lowest BCUT2D eigenvalue weighted by atomic mass is 9.93. The first-order valence-electron chi connectivity index (χ1n) is 9.76. The minimum Gasteiger partial charge on any atom is -0.496 e. The first kappa shape index (κ1) is 21.0. The molecule has 0 aromatic heterocycles. The maximum atomic E-state index is 12.5. The number of benzene rings is 2. The lowest BCUT2D eigenvalue weighted by Crippen LogP contribution is -2.27. The van der Waals surface area contributed by atoms with Crippen molar-refractivity contribution in [1.82, 2.24) is 5.32 Å². The van der Waals surface area contributed by atoms with Crippen LogP contribution in [0.15, 0.2) is 30.3 Å². The molecule has 3 heteroatoms. The van der Waals surface area contributed by atoms with Crippen molar-refractivity contribution in [2.24, 2.45) is 0 Å². The van der Waals surface area contributed by atoms with Crippen LogP contribution in [0.4, 0.5) is 0 Å². The molecule has 1 N–H and O–H groups in total. The highest BCUT2D eigenvalue weighted by molar-refractivity contribution is 5.76. The second kappa shape index (κ2) is 9.07. The van der Waals surface area contributed by atoms with Crippen molar-refractivity contribution < 1.29 is 9.53 Å². The van der Waals surface area contributed by atoms with Gasteiger partial charge in [-0.05, 0) is 85.5 Å². The van der Waals surface area contributed by atoms with Crippen LogP contribution in [0.5, 0.6) is 5.75 Å². The SMILES string of the molecule is COc1cc(C)c(C(C)NC(=O)CCc2ccc(C)c(C)c2)cc1C(C)C. The maximum absolute atomic E-state index is 12.5. The summed E-state index contributed by atoms with van der Waals surface area (Å²) in [5.41, 5.74) is 7.24. The average molecular weight is 368 g/mol. The Kier molecular flexibility index (Phi) is 7.06. The summed E-state index contributed by atoms with van der Waals surface area (Å²) in [7, 11) is 1.71. The summed E-state index contributed by atoms with van der Waals surface area (Å²) in [4.78, 5) is 12.5. The van der Waals surface area contributed by atoms with Gasteiger partial charge in [0.2, 0.25) is 5.91 Å². The Labute approximate surface area is 164 Å². The number of aryl methyl sites for hydroxylation is 4. The van der Waals surface area contributed by atoms with Crippen LogP contribution in [0.25, 0.3) is 0 Å². The second-order valence-electron chi connectivity index (χ2n) is 7.81. The molecule has 3 nitrogen and oxygen atoms in total. The van der Waals surface area contributed by atoms with Gasteiger partial charge >= 0.3 is 0 Å². The number of hydrogen-bond donors (Lipinski definition) is 1. The maximum Gasteiger partial charge on any atom is 0.220 e. The molecule has 0 heterocycles. The molecule has 0 aliphatic rings. The van der Waals surface area contributed by atoms with Gasteiger partial charge < -0.3 is 10.1 Å². The highest BCUT2D eigenvalue weighted by Crippen LogP contribution is 2.32. The predicted molar refractivity (Wildman–Crippen MR) is 113 cm³/mol.